The third kappa shape index (κ3) is 2.04. The Bertz CT molecular complexity index is 314. The van der Waals surface area contributed by atoms with Crippen LogP contribution in [0, 0.1) is 5.92 Å². The molecule has 2 unspecified atom stereocenters. The standard InChI is InChI=1S/C11H16N2O/c12-11-9(2-1-5-13-11)6-8-3-4-10(14)7-8/h1-2,5,8,10,14H,3-4,6-7H2,(H2,12,13). The van der Waals surface area contributed by atoms with E-state index in [0.717, 1.165) is 31.2 Å². The topological polar surface area (TPSA) is 59.1 Å². The zero-order valence-corrected chi connectivity index (χ0v) is 8.19. The Morgan fingerprint density at radius 2 is 2.36 bits per heavy atom. The summed E-state index contributed by atoms with van der Waals surface area (Å²) in [5.74, 6) is 1.21. The van der Waals surface area contributed by atoms with Crippen LogP contribution >= 0.6 is 0 Å². The number of aliphatic hydroxyl groups is 1. The summed E-state index contributed by atoms with van der Waals surface area (Å²) >= 11 is 0. The van der Waals surface area contributed by atoms with Crippen LogP contribution in [0.5, 0.6) is 0 Å². The van der Waals surface area contributed by atoms with Gasteiger partial charge in [0.1, 0.15) is 5.82 Å². The molecule has 0 saturated heterocycles. The normalized spacial score (nSPS) is 26.6. The first-order chi connectivity index (χ1) is 6.75. The van der Waals surface area contributed by atoms with E-state index < -0.39 is 0 Å². The van der Waals surface area contributed by atoms with Gasteiger partial charge in [-0.05, 0) is 43.2 Å². The number of nitrogens with two attached hydrogens (primary N) is 1. The molecule has 0 amide bonds. The van der Waals surface area contributed by atoms with Crippen LogP contribution in [-0.2, 0) is 6.42 Å². The lowest BCUT2D eigenvalue weighted by Gasteiger charge is -2.10. The number of pyridine rings is 1. The molecule has 2 atom stereocenters. The smallest absolute Gasteiger partial charge is 0.126 e. The SMILES string of the molecule is Nc1ncccc1CC1CCC(O)C1. The fraction of sp³-hybridized carbons (Fsp3) is 0.545. The second-order valence-corrected chi connectivity index (χ2v) is 4.08. The summed E-state index contributed by atoms with van der Waals surface area (Å²) in [4.78, 5) is 4.06. The molecule has 0 bridgehead atoms. The summed E-state index contributed by atoms with van der Waals surface area (Å²) < 4.78 is 0. The first kappa shape index (κ1) is 9.46. The molecular weight excluding hydrogens is 176 g/mol. The third-order valence-corrected chi connectivity index (χ3v) is 2.95. The van der Waals surface area contributed by atoms with Crippen molar-refractivity contribution < 1.29 is 5.11 Å². The van der Waals surface area contributed by atoms with Crippen molar-refractivity contribution in [2.45, 2.75) is 31.8 Å². The fourth-order valence-electron chi connectivity index (χ4n) is 2.17. The highest BCUT2D eigenvalue weighted by Crippen LogP contribution is 2.29. The molecule has 1 heterocycles. The average molecular weight is 192 g/mol. The van der Waals surface area contributed by atoms with Gasteiger partial charge >= 0.3 is 0 Å². The second kappa shape index (κ2) is 3.96. The van der Waals surface area contributed by atoms with Gasteiger partial charge < -0.3 is 10.8 Å². The summed E-state index contributed by atoms with van der Waals surface area (Å²) in [6.07, 6.45) is 5.52. The van der Waals surface area contributed by atoms with E-state index in [1.54, 1.807) is 6.20 Å². The minimum absolute atomic E-state index is 0.0992. The number of nitrogens with zero attached hydrogens (tertiary/aromatic N) is 1. The van der Waals surface area contributed by atoms with Crippen LogP contribution in [0.3, 0.4) is 0 Å². The van der Waals surface area contributed by atoms with E-state index in [1.807, 2.05) is 12.1 Å². The summed E-state index contributed by atoms with van der Waals surface area (Å²) in [6.45, 7) is 0. The van der Waals surface area contributed by atoms with E-state index in [2.05, 4.69) is 4.98 Å². The maximum absolute atomic E-state index is 9.40. The minimum atomic E-state index is -0.0992. The summed E-state index contributed by atoms with van der Waals surface area (Å²) in [5.41, 5.74) is 6.88. The summed E-state index contributed by atoms with van der Waals surface area (Å²) in [5, 5.41) is 9.40. The van der Waals surface area contributed by atoms with Crippen LogP contribution in [0.4, 0.5) is 5.82 Å². The molecule has 1 aromatic heterocycles. The van der Waals surface area contributed by atoms with Crippen molar-refractivity contribution >= 4 is 5.82 Å². The molecular formula is C11H16N2O. The van der Waals surface area contributed by atoms with Gasteiger partial charge in [0.15, 0.2) is 0 Å². The Balaban J connectivity index is 2.01. The predicted molar refractivity (Wildman–Crippen MR) is 55.7 cm³/mol. The molecule has 0 radical (unpaired) electrons. The van der Waals surface area contributed by atoms with Crippen LogP contribution in [0.2, 0.25) is 0 Å². The monoisotopic (exact) mass is 192 g/mol. The quantitative estimate of drug-likeness (QED) is 0.744. The van der Waals surface area contributed by atoms with Gasteiger partial charge in [-0.25, -0.2) is 4.98 Å². The molecule has 0 aliphatic heterocycles. The first-order valence-corrected chi connectivity index (χ1v) is 5.13. The highest BCUT2D eigenvalue weighted by molar-refractivity contribution is 5.38. The maximum atomic E-state index is 9.40. The predicted octanol–water partition coefficient (Wildman–Crippen LogP) is 1.37. The molecule has 3 nitrogen and oxygen atoms in total. The van der Waals surface area contributed by atoms with Gasteiger partial charge in [-0.2, -0.15) is 0 Å². The van der Waals surface area contributed by atoms with Gasteiger partial charge in [0.25, 0.3) is 0 Å². The Labute approximate surface area is 84.0 Å². The molecule has 1 aliphatic rings. The molecule has 0 aromatic carbocycles. The number of aromatic nitrogens is 1. The molecule has 0 spiro atoms. The molecule has 3 heteroatoms. The van der Waals surface area contributed by atoms with E-state index in [4.69, 9.17) is 5.73 Å². The highest BCUT2D eigenvalue weighted by atomic mass is 16.3. The molecule has 3 N–H and O–H groups in total. The van der Waals surface area contributed by atoms with Crippen molar-refractivity contribution in [3.63, 3.8) is 0 Å². The van der Waals surface area contributed by atoms with Crippen molar-refractivity contribution in [3.8, 4) is 0 Å². The summed E-state index contributed by atoms with van der Waals surface area (Å²) in [6, 6.07) is 3.93. The lowest BCUT2D eigenvalue weighted by molar-refractivity contribution is 0.177. The van der Waals surface area contributed by atoms with E-state index >= 15 is 0 Å². The summed E-state index contributed by atoms with van der Waals surface area (Å²) in [7, 11) is 0. The Kier molecular flexibility index (Phi) is 2.68. The maximum Gasteiger partial charge on any atom is 0.126 e. The van der Waals surface area contributed by atoms with Gasteiger partial charge in [-0.3, -0.25) is 0 Å². The van der Waals surface area contributed by atoms with E-state index in [0.29, 0.717) is 11.7 Å². The number of hydrogen-bond donors (Lipinski definition) is 2. The number of aliphatic hydroxyl groups excluding tert-OH is 1. The lowest BCUT2D eigenvalue weighted by atomic mass is 9.98. The molecule has 1 aliphatic carbocycles. The van der Waals surface area contributed by atoms with Crippen molar-refractivity contribution in [2.24, 2.45) is 5.92 Å². The van der Waals surface area contributed by atoms with Crippen LogP contribution < -0.4 is 5.73 Å². The van der Waals surface area contributed by atoms with Crippen molar-refractivity contribution in [3.05, 3.63) is 23.9 Å². The van der Waals surface area contributed by atoms with Gasteiger partial charge in [0.2, 0.25) is 0 Å². The van der Waals surface area contributed by atoms with E-state index in [9.17, 15) is 5.11 Å². The molecule has 1 fully saturated rings. The van der Waals surface area contributed by atoms with Crippen LogP contribution in [0.1, 0.15) is 24.8 Å². The number of rotatable bonds is 2. The van der Waals surface area contributed by atoms with Gasteiger partial charge in [0.05, 0.1) is 6.10 Å². The molecule has 2 rings (SSSR count). The second-order valence-electron chi connectivity index (χ2n) is 4.08. The van der Waals surface area contributed by atoms with E-state index in [-0.39, 0.29) is 6.10 Å². The van der Waals surface area contributed by atoms with Crippen molar-refractivity contribution in [2.75, 3.05) is 5.73 Å². The van der Waals surface area contributed by atoms with Crippen molar-refractivity contribution in [1.82, 2.24) is 4.98 Å². The first-order valence-electron chi connectivity index (χ1n) is 5.13. The molecule has 1 saturated carbocycles. The zero-order chi connectivity index (χ0) is 9.97. The molecule has 76 valence electrons. The van der Waals surface area contributed by atoms with Crippen LogP contribution in [0.15, 0.2) is 18.3 Å². The van der Waals surface area contributed by atoms with Gasteiger partial charge in [-0.1, -0.05) is 6.07 Å². The van der Waals surface area contributed by atoms with Crippen molar-refractivity contribution in [1.29, 1.82) is 0 Å². The Morgan fingerprint density at radius 3 is 3.00 bits per heavy atom. The lowest BCUT2D eigenvalue weighted by Crippen LogP contribution is -2.05. The van der Waals surface area contributed by atoms with Gasteiger partial charge in [-0.15, -0.1) is 0 Å². The molecule has 14 heavy (non-hydrogen) atoms. The van der Waals surface area contributed by atoms with Crippen LogP contribution in [-0.4, -0.2) is 16.2 Å². The zero-order valence-electron chi connectivity index (χ0n) is 8.19. The largest absolute Gasteiger partial charge is 0.393 e. The minimum Gasteiger partial charge on any atom is -0.393 e. The number of nitrogen functional groups attached to an aromatic ring is 1. The molecule has 1 aromatic rings. The van der Waals surface area contributed by atoms with E-state index in [1.165, 1.54) is 0 Å². The number of hydrogen-bond acceptors (Lipinski definition) is 3. The number of anilines is 1. The fourth-order valence-corrected chi connectivity index (χ4v) is 2.17. The Hall–Kier alpha value is -1.09. The third-order valence-electron chi connectivity index (χ3n) is 2.95. The average Bonchev–Trinajstić information content (AvgIpc) is 2.56. The Morgan fingerprint density at radius 1 is 1.50 bits per heavy atom. The van der Waals surface area contributed by atoms with Crippen LogP contribution in [0.25, 0.3) is 0 Å². The highest BCUT2D eigenvalue weighted by Gasteiger charge is 2.23. The van der Waals surface area contributed by atoms with Gasteiger partial charge in [0, 0.05) is 6.20 Å².